The molecule has 0 unspecified atom stereocenters. The molecule has 2 aromatic rings. The van der Waals surface area contributed by atoms with Crippen LogP contribution < -0.4 is 5.32 Å². The standard InChI is InChI=1S/C22H26N2O2/c1-16-9-10-20(17(2)15-16)23-21(26)22(19-7-5-4-6-8-19)11-13-24(14-12-22)18(3)25/h4-10,15H,11-14H2,1-3H3,(H,23,26). The number of benzene rings is 2. The predicted molar refractivity (Wildman–Crippen MR) is 104 cm³/mol. The van der Waals surface area contributed by atoms with E-state index in [0.29, 0.717) is 25.9 Å². The van der Waals surface area contributed by atoms with Crippen molar-refractivity contribution in [3.05, 3.63) is 65.2 Å². The summed E-state index contributed by atoms with van der Waals surface area (Å²) in [5.74, 6) is 0.0836. The van der Waals surface area contributed by atoms with Crippen molar-refractivity contribution in [1.29, 1.82) is 0 Å². The van der Waals surface area contributed by atoms with Gasteiger partial charge in [-0.05, 0) is 43.9 Å². The maximum absolute atomic E-state index is 13.4. The van der Waals surface area contributed by atoms with Crippen LogP contribution in [-0.2, 0) is 15.0 Å². The van der Waals surface area contributed by atoms with E-state index in [0.717, 1.165) is 16.8 Å². The zero-order chi connectivity index (χ0) is 18.7. The number of carbonyl (C=O) groups is 2. The molecule has 0 saturated carbocycles. The number of rotatable bonds is 3. The van der Waals surface area contributed by atoms with Gasteiger partial charge in [0, 0.05) is 25.7 Å². The number of amides is 2. The number of likely N-dealkylation sites (tertiary alicyclic amines) is 1. The highest BCUT2D eigenvalue weighted by Gasteiger charge is 2.43. The molecule has 2 aromatic carbocycles. The van der Waals surface area contributed by atoms with Crippen LogP contribution in [0.4, 0.5) is 5.69 Å². The van der Waals surface area contributed by atoms with Crippen LogP contribution in [0.15, 0.2) is 48.5 Å². The minimum Gasteiger partial charge on any atom is -0.343 e. The summed E-state index contributed by atoms with van der Waals surface area (Å²) in [7, 11) is 0. The molecule has 0 aromatic heterocycles. The van der Waals surface area contributed by atoms with Gasteiger partial charge >= 0.3 is 0 Å². The Hall–Kier alpha value is -2.62. The second-order valence-corrected chi connectivity index (χ2v) is 7.23. The molecule has 1 fully saturated rings. The monoisotopic (exact) mass is 350 g/mol. The van der Waals surface area contributed by atoms with Crippen molar-refractivity contribution in [2.45, 2.75) is 39.0 Å². The van der Waals surface area contributed by atoms with E-state index in [9.17, 15) is 9.59 Å². The number of aryl methyl sites for hydroxylation is 2. The van der Waals surface area contributed by atoms with Gasteiger partial charge in [-0.1, -0.05) is 48.0 Å². The Morgan fingerprint density at radius 2 is 1.65 bits per heavy atom. The van der Waals surface area contributed by atoms with Crippen LogP contribution in [0.2, 0.25) is 0 Å². The van der Waals surface area contributed by atoms with Crippen LogP contribution in [0.1, 0.15) is 36.5 Å². The van der Waals surface area contributed by atoms with E-state index in [1.165, 1.54) is 5.56 Å². The molecule has 0 aliphatic carbocycles. The topological polar surface area (TPSA) is 49.4 Å². The summed E-state index contributed by atoms with van der Waals surface area (Å²) < 4.78 is 0. The Balaban J connectivity index is 1.91. The maximum Gasteiger partial charge on any atom is 0.235 e. The Kier molecular flexibility index (Phi) is 5.12. The maximum atomic E-state index is 13.4. The summed E-state index contributed by atoms with van der Waals surface area (Å²) in [6.45, 7) is 6.85. The van der Waals surface area contributed by atoms with E-state index in [4.69, 9.17) is 0 Å². The summed E-state index contributed by atoms with van der Waals surface area (Å²) >= 11 is 0. The van der Waals surface area contributed by atoms with Gasteiger partial charge in [-0.25, -0.2) is 0 Å². The van der Waals surface area contributed by atoms with Crippen LogP contribution in [0.3, 0.4) is 0 Å². The molecule has 0 bridgehead atoms. The van der Waals surface area contributed by atoms with Gasteiger partial charge < -0.3 is 10.2 Å². The third-order valence-corrected chi connectivity index (χ3v) is 5.45. The molecule has 4 heteroatoms. The molecule has 1 N–H and O–H groups in total. The van der Waals surface area contributed by atoms with Crippen molar-refractivity contribution in [3.63, 3.8) is 0 Å². The first-order valence-corrected chi connectivity index (χ1v) is 9.12. The summed E-state index contributed by atoms with van der Waals surface area (Å²) in [4.78, 5) is 26.9. The van der Waals surface area contributed by atoms with E-state index in [1.54, 1.807) is 6.92 Å². The second kappa shape index (κ2) is 7.32. The molecular formula is C22H26N2O2. The molecule has 1 heterocycles. The highest BCUT2D eigenvalue weighted by molar-refractivity contribution is 6.00. The molecular weight excluding hydrogens is 324 g/mol. The van der Waals surface area contributed by atoms with Crippen molar-refractivity contribution in [3.8, 4) is 0 Å². The number of piperidine rings is 1. The average Bonchev–Trinajstić information content (AvgIpc) is 2.64. The zero-order valence-electron chi connectivity index (χ0n) is 15.7. The number of hydrogen-bond acceptors (Lipinski definition) is 2. The lowest BCUT2D eigenvalue weighted by Crippen LogP contribution is -2.50. The molecule has 136 valence electrons. The fraction of sp³-hybridized carbons (Fsp3) is 0.364. The summed E-state index contributed by atoms with van der Waals surface area (Å²) in [5, 5.41) is 3.15. The van der Waals surface area contributed by atoms with E-state index in [1.807, 2.05) is 61.2 Å². The van der Waals surface area contributed by atoms with Gasteiger partial charge in [0.25, 0.3) is 0 Å². The molecule has 2 amide bonds. The molecule has 0 atom stereocenters. The van der Waals surface area contributed by atoms with Gasteiger partial charge in [0.15, 0.2) is 0 Å². The van der Waals surface area contributed by atoms with Gasteiger partial charge in [0.05, 0.1) is 5.41 Å². The Morgan fingerprint density at radius 3 is 2.23 bits per heavy atom. The predicted octanol–water partition coefficient (Wildman–Crippen LogP) is 3.82. The minimum atomic E-state index is -0.607. The smallest absolute Gasteiger partial charge is 0.235 e. The van der Waals surface area contributed by atoms with Crippen LogP contribution in [-0.4, -0.2) is 29.8 Å². The first kappa shape index (κ1) is 18.2. The summed E-state index contributed by atoms with van der Waals surface area (Å²) in [6, 6.07) is 16.0. The fourth-order valence-electron chi connectivity index (χ4n) is 3.80. The van der Waals surface area contributed by atoms with E-state index in [2.05, 4.69) is 11.4 Å². The van der Waals surface area contributed by atoms with Gasteiger partial charge in [-0.3, -0.25) is 9.59 Å². The molecule has 3 rings (SSSR count). The lowest BCUT2D eigenvalue weighted by molar-refractivity contribution is -0.133. The van der Waals surface area contributed by atoms with Gasteiger partial charge in [0.1, 0.15) is 0 Å². The van der Waals surface area contributed by atoms with Crippen molar-refractivity contribution in [2.75, 3.05) is 18.4 Å². The third-order valence-electron chi connectivity index (χ3n) is 5.45. The lowest BCUT2D eigenvalue weighted by Gasteiger charge is -2.41. The molecule has 26 heavy (non-hydrogen) atoms. The van der Waals surface area contributed by atoms with Crippen molar-refractivity contribution < 1.29 is 9.59 Å². The first-order chi connectivity index (χ1) is 12.4. The normalized spacial score (nSPS) is 16.2. The van der Waals surface area contributed by atoms with E-state index in [-0.39, 0.29) is 11.8 Å². The van der Waals surface area contributed by atoms with Crippen molar-refractivity contribution >= 4 is 17.5 Å². The first-order valence-electron chi connectivity index (χ1n) is 9.12. The highest BCUT2D eigenvalue weighted by atomic mass is 16.2. The van der Waals surface area contributed by atoms with E-state index < -0.39 is 5.41 Å². The second-order valence-electron chi connectivity index (χ2n) is 7.23. The molecule has 0 spiro atoms. The minimum absolute atomic E-state index is 0.0128. The Bertz CT molecular complexity index is 806. The fourth-order valence-corrected chi connectivity index (χ4v) is 3.80. The number of anilines is 1. The van der Waals surface area contributed by atoms with Crippen LogP contribution in [0, 0.1) is 13.8 Å². The number of nitrogens with zero attached hydrogens (tertiary/aromatic N) is 1. The SMILES string of the molecule is CC(=O)N1CCC(C(=O)Nc2ccc(C)cc2C)(c2ccccc2)CC1. The molecule has 1 saturated heterocycles. The number of hydrogen-bond donors (Lipinski definition) is 1. The quantitative estimate of drug-likeness (QED) is 0.915. The summed E-state index contributed by atoms with van der Waals surface area (Å²) in [6.07, 6.45) is 1.26. The van der Waals surface area contributed by atoms with Crippen LogP contribution in [0.5, 0.6) is 0 Å². The molecule has 0 radical (unpaired) electrons. The van der Waals surface area contributed by atoms with Crippen molar-refractivity contribution in [2.24, 2.45) is 0 Å². The van der Waals surface area contributed by atoms with Gasteiger partial charge in [-0.15, -0.1) is 0 Å². The van der Waals surface area contributed by atoms with Crippen LogP contribution >= 0.6 is 0 Å². The largest absolute Gasteiger partial charge is 0.343 e. The third kappa shape index (κ3) is 3.50. The Labute approximate surface area is 155 Å². The van der Waals surface area contributed by atoms with Crippen LogP contribution in [0.25, 0.3) is 0 Å². The average molecular weight is 350 g/mol. The Morgan fingerprint density at radius 1 is 1.00 bits per heavy atom. The van der Waals surface area contributed by atoms with E-state index >= 15 is 0 Å². The lowest BCUT2D eigenvalue weighted by atomic mass is 9.72. The zero-order valence-corrected chi connectivity index (χ0v) is 15.7. The summed E-state index contributed by atoms with van der Waals surface area (Å²) in [5.41, 5.74) is 3.50. The number of nitrogens with one attached hydrogen (secondary N) is 1. The number of carbonyl (C=O) groups excluding carboxylic acids is 2. The van der Waals surface area contributed by atoms with Gasteiger partial charge in [0.2, 0.25) is 11.8 Å². The van der Waals surface area contributed by atoms with Crippen molar-refractivity contribution in [1.82, 2.24) is 4.90 Å². The molecule has 1 aliphatic rings. The molecule has 1 aliphatic heterocycles. The highest BCUT2D eigenvalue weighted by Crippen LogP contribution is 2.37. The van der Waals surface area contributed by atoms with Gasteiger partial charge in [-0.2, -0.15) is 0 Å². The molecule has 4 nitrogen and oxygen atoms in total.